The Morgan fingerprint density at radius 2 is 1.95 bits per heavy atom. The minimum absolute atomic E-state index is 0.00817. The molecule has 0 spiro atoms. The Morgan fingerprint density at radius 3 is 2.59 bits per heavy atom. The zero-order valence-electron chi connectivity index (χ0n) is 11.8. The van der Waals surface area contributed by atoms with E-state index in [1.807, 2.05) is 12.1 Å². The van der Waals surface area contributed by atoms with Gasteiger partial charge < -0.3 is 14.3 Å². The molecule has 3 aromatic rings. The fraction of sp³-hybridized carbons (Fsp3) is 0.188. The molecule has 0 saturated heterocycles. The maximum absolute atomic E-state index is 9.10. The van der Waals surface area contributed by atoms with Crippen LogP contribution in [-0.2, 0) is 6.42 Å². The van der Waals surface area contributed by atoms with Crippen molar-refractivity contribution in [1.29, 1.82) is 0 Å². The summed E-state index contributed by atoms with van der Waals surface area (Å²) in [6.07, 6.45) is 3.52. The second kappa shape index (κ2) is 6.16. The van der Waals surface area contributed by atoms with Gasteiger partial charge in [0.2, 0.25) is 0 Å². The minimum atomic E-state index is 0.00817. The van der Waals surface area contributed by atoms with Gasteiger partial charge in [-0.15, -0.1) is 0 Å². The SMILES string of the molecule is COc1ccc(-c2c(Cl)cncc2Cl)c2cc(CCO)oc12. The number of fused-ring (bicyclic) bond motifs is 1. The number of benzene rings is 1. The summed E-state index contributed by atoms with van der Waals surface area (Å²) >= 11 is 12.5. The number of aromatic nitrogens is 1. The van der Waals surface area contributed by atoms with Crippen molar-refractivity contribution in [3.05, 3.63) is 46.4 Å². The van der Waals surface area contributed by atoms with Crippen molar-refractivity contribution in [3.63, 3.8) is 0 Å². The minimum Gasteiger partial charge on any atom is -0.493 e. The average molecular weight is 338 g/mol. The first-order valence-corrected chi connectivity index (χ1v) is 7.41. The molecule has 1 aromatic carbocycles. The second-order valence-electron chi connectivity index (χ2n) is 4.72. The van der Waals surface area contributed by atoms with Crippen molar-refractivity contribution in [1.82, 2.24) is 4.98 Å². The van der Waals surface area contributed by atoms with E-state index >= 15 is 0 Å². The van der Waals surface area contributed by atoms with Crippen molar-refractivity contribution in [2.24, 2.45) is 0 Å². The molecule has 2 heterocycles. The van der Waals surface area contributed by atoms with Crippen LogP contribution in [0.3, 0.4) is 0 Å². The lowest BCUT2D eigenvalue weighted by molar-refractivity contribution is 0.289. The van der Waals surface area contributed by atoms with Crippen LogP contribution >= 0.6 is 23.2 Å². The van der Waals surface area contributed by atoms with Gasteiger partial charge in [-0.05, 0) is 23.8 Å². The lowest BCUT2D eigenvalue weighted by atomic mass is 10.0. The van der Waals surface area contributed by atoms with Crippen molar-refractivity contribution in [3.8, 4) is 16.9 Å². The molecule has 0 aliphatic heterocycles. The average Bonchev–Trinajstić information content (AvgIpc) is 2.91. The van der Waals surface area contributed by atoms with Crippen LogP contribution in [0, 0.1) is 0 Å². The molecule has 0 saturated carbocycles. The van der Waals surface area contributed by atoms with Crippen LogP contribution < -0.4 is 4.74 Å². The predicted molar refractivity (Wildman–Crippen MR) is 86.8 cm³/mol. The number of aliphatic hydroxyl groups is 1. The van der Waals surface area contributed by atoms with Gasteiger partial charge in [0.25, 0.3) is 0 Å². The molecule has 22 heavy (non-hydrogen) atoms. The van der Waals surface area contributed by atoms with E-state index in [0.29, 0.717) is 39.1 Å². The number of aliphatic hydroxyl groups excluding tert-OH is 1. The van der Waals surface area contributed by atoms with Crippen LogP contribution in [-0.4, -0.2) is 23.8 Å². The van der Waals surface area contributed by atoms with E-state index in [0.717, 1.165) is 10.9 Å². The van der Waals surface area contributed by atoms with Crippen LogP contribution in [0.4, 0.5) is 0 Å². The van der Waals surface area contributed by atoms with Crippen molar-refractivity contribution < 1.29 is 14.3 Å². The summed E-state index contributed by atoms with van der Waals surface area (Å²) in [5, 5.41) is 10.9. The van der Waals surface area contributed by atoms with E-state index in [1.165, 1.54) is 0 Å². The standard InChI is InChI=1S/C16H13Cl2NO3/c1-21-14-3-2-10(15-12(17)7-19-8-13(15)18)11-6-9(4-5-20)22-16(11)14/h2-3,6-8,20H,4-5H2,1H3. The van der Waals surface area contributed by atoms with Crippen LogP contribution in [0.2, 0.25) is 10.0 Å². The molecule has 2 aromatic heterocycles. The molecule has 0 aliphatic rings. The Morgan fingerprint density at radius 1 is 1.23 bits per heavy atom. The summed E-state index contributed by atoms with van der Waals surface area (Å²) in [5.41, 5.74) is 2.14. The number of halogens is 2. The molecule has 3 rings (SSSR count). The molecule has 0 amide bonds. The fourth-order valence-electron chi connectivity index (χ4n) is 2.43. The summed E-state index contributed by atoms with van der Waals surface area (Å²) in [6, 6.07) is 5.56. The van der Waals surface area contributed by atoms with Crippen LogP contribution in [0.1, 0.15) is 5.76 Å². The van der Waals surface area contributed by atoms with Gasteiger partial charge in [0.15, 0.2) is 11.3 Å². The third-order valence-corrected chi connectivity index (χ3v) is 3.97. The fourth-order valence-corrected chi connectivity index (χ4v) is 3.00. The molecule has 0 radical (unpaired) electrons. The number of methoxy groups -OCH3 is 1. The second-order valence-corrected chi connectivity index (χ2v) is 5.54. The molecule has 0 aliphatic carbocycles. The van der Waals surface area contributed by atoms with E-state index in [4.69, 9.17) is 37.5 Å². The maximum atomic E-state index is 9.10. The maximum Gasteiger partial charge on any atom is 0.176 e. The first-order chi connectivity index (χ1) is 10.7. The summed E-state index contributed by atoms with van der Waals surface area (Å²) in [5.74, 6) is 1.29. The third-order valence-electron chi connectivity index (χ3n) is 3.40. The highest BCUT2D eigenvalue weighted by atomic mass is 35.5. The molecule has 0 unspecified atom stereocenters. The third kappa shape index (κ3) is 2.54. The van der Waals surface area contributed by atoms with Crippen LogP contribution in [0.25, 0.3) is 22.1 Å². The predicted octanol–water partition coefficient (Wildman–Crippen LogP) is 4.35. The zero-order valence-corrected chi connectivity index (χ0v) is 13.3. The number of nitrogens with zero attached hydrogens (tertiary/aromatic N) is 1. The van der Waals surface area contributed by atoms with Crippen molar-refractivity contribution in [2.75, 3.05) is 13.7 Å². The number of hydrogen-bond donors (Lipinski definition) is 1. The van der Waals surface area contributed by atoms with E-state index < -0.39 is 0 Å². The molecule has 6 heteroatoms. The quantitative estimate of drug-likeness (QED) is 0.769. The van der Waals surface area contributed by atoms with E-state index in [9.17, 15) is 0 Å². The van der Waals surface area contributed by atoms with Gasteiger partial charge in [-0.1, -0.05) is 23.2 Å². The molecule has 0 fully saturated rings. The smallest absolute Gasteiger partial charge is 0.176 e. The van der Waals surface area contributed by atoms with Gasteiger partial charge in [-0.2, -0.15) is 0 Å². The molecular formula is C16H13Cl2NO3. The highest BCUT2D eigenvalue weighted by Crippen LogP contribution is 2.41. The summed E-state index contributed by atoms with van der Waals surface area (Å²) in [7, 11) is 1.58. The van der Waals surface area contributed by atoms with Crippen molar-refractivity contribution in [2.45, 2.75) is 6.42 Å². The largest absolute Gasteiger partial charge is 0.493 e. The number of furan rings is 1. The normalized spacial score (nSPS) is 11.1. The number of pyridine rings is 1. The Kier molecular flexibility index (Phi) is 4.25. The van der Waals surface area contributed by atoms with Gasteiger partial charge in [-0.25, -0.2) is 0 Å². The molecule has 114 valence electrons. The van der Waals surface area contributed by atoms with Gasteiger partial charge >= 0.3 is 0 Å². The lowest BCUT2D eigenvalue weighted by Gasteiger charge is -2.09. The molecule has 4 nitrogen and oxygen atoms in total. The lowest BCUT2D eigenvalue weighted by Crippen LogP contribution is -1.87. The first kappa shape index (κ1) is 15.2. The highest BCUT2D eigenvalue weighted by Gasteiger charge is 2.17. The van der Waals surface area contributed by atoms with Crippen molar-refractivity contribution >= 4 is 34.2 Å². The van der Waals surface area contributed by atoms with Gasteiger partial charge in [0.1, 0.15) is 5.76 Å². The summed E-state index contributed by atoms with van der Waals surface area (Å²) < 4.78 is 11.1. The van der Waals surface area contributed by atoms with E-state index in [2.05, 4.69) is 4.98 Å². The molecule has 0 atom stereocenters. The molecule has 1 N–H and O–H groups in total. The Bertz CT molecular complexity index is 809. The van der Waals surface area contributed by atoms with Gasteiger partial charge in [-0.3, -0.25) is 4.98 Å². The Balaban J connectivity index is 2.30. The van der Waals surface area contributed by atoms with Crippen LogP contribution in [0.15, 0.2) is 35.0 Å². The van der Waals surface area contributed by atoms with Crippen LogP contribution in [0.5, 0.6) is 5.75 Å². The Labute approximate surface area is 137 Å². The first-order valence-electron chi connectivity index (χ1n) is 6.65. The van der Waals surface area contributed by atoms with E-state index in [-0.39, 0.29) is 6.61 Å². The monoisotopic (exact) mass is 337 g/mol. The molecule has 0 bridgehead atoms. The topological polar surface area (TPSA) is 55.5 Å². The number of hydrogen-bond acceptors (Lipinski definition) is 4. The molecular weight excluding hydrogens is 325 g/mol. The van der Waals surface area contributed by atoms with Gasteiger partial charge in [0, 0.05) is 29.8 Å². The Hall–Kier alpha value is -1.75. The number of ether oxygens (including phenoxy) is 1. The zero-order chi connectivity index (χ0) is 15.7. The summed E-state index contributed by atoms with van der Waals surface area (Å²) in [6.45, 7) is 0.00817. The highest BCUT2D eigenvalue weighted by molar-refractivity contribution is 6.39. The van der Waals surface area contributed by atoms with E-state index in [1.54, 1.807) is 25.6 Å². The number of rotatable bonds is 4. The van der Waals surface area contributed by atoms with Gasteiger partial charge in [0.05, 0.1) is 23.8 Å². The summed E-state index contributed by atoms with van der Waals surface area (Å²) in [4.78, 5) is 3.97.